The first-order valence-corrected chi connectivity index (χ1v) is 5.18. The maximum absolute atomic E-state index is 12.6. The first kappa shape index (κ1) is 14.7. The number of hydrogen-bond donors (Lipinski definition) is 2. The number of rotatable bonds is 6. The smallest absolute Gasteiger partial charge is 0.428 e. The summed E-state index contributed by atoms with van der Waals surface area (Å²) in [4.78, 5) is 0. The molecule has 7 heteroatoms. The normalized spacial score (nSPS) is 13.7. The molecular formula is C11H13F4NO2. The van der Waals surface area contributed by atoms with Gasteiger partial charge in [0.05, 0.1) is 0 Å². The Labute approximate surface area is 101 Å². The van der Waals surface area contributed by atoms with Gasteiger partial charge in [-0.2, -0.15) is 17.6 Å². The zero-order chi connectivity index (χ0) is 13.8. The molecule has 18 heavy (non-hydrogen) atoms. The van der Waals surface area contributed by atoms with Gasteiger partial charge in [0.2, 0.25) is 0 Å². The molecule has 0 bridgehead atoms. The molecular weight excluding hydrogens is 254 g/mol. The van der Waals surface area contributed by atoms with Crippen molar-refractivity contribution in [3.8, 4) is 5.75 Å². The predicted molar refractivity (Wildman–Crippen MR) is 56.7 cm³/mol. The van der Waals surface area contributed by atoms with Gasteiger partial charge in [-0.15, -0.1) is 0 Å². The third kappa shape index (κ3) is 3.85. The molecule has 0 amide bonds. The second-order valence-corrected chi connectivity index (χ2v) is 3.65. The number of benzene rings is 1. The van der Waals surface area contributed by atoms with Crippen LogP contribution in [0.1, 0.15) is 18.0 Å². The van der Waals surface area contributed by atoms with Crippen LogP contribution < -0.4 is 10.5 Å². The van der Waals surface area contributed by atoms with E-state index < -0.39 is 18.6 Å². The Kier molecular flexibility index (Phi) is 4.92. The standard InChI is InChI=1S/C11H13F4NO2/c12-10(13)11(14,15)18-8-3-1-7(2-4-8)9(16)5-6-17/h1-4,9-10,17H,5-6,16H2. The van der Waals surface area contributed by atoms with Crippen LogP contribution >= 0.6 is 0 Å². The lowest BCUT2D eigenvalue weighted by Gasteiger charge is -2.17. The molecule has 1 unspecified atom stereocenters. The average molecular weight is 267 g/mol. The van der Waals surface area contributed by atoms with E-state index in [0.717, 1.165) is 12.1 Å². The first-order valence-electron chi connectivity index (χ1n) is 5.18. The van der Waals surface area contributed by atoms with Crippen LogP contribution in [0.5, 0.6) is 5.75 Å². The Bertz CT molecular complexity index is 370. The Morgan fingerprint density at radius 2 is 1.78 bits per heavy atom. The molecule has 0 fully saturated rings. The minimum absolute atomic E-state index is 0.108. The summed E-state index contributed by atoms with van der Waals surface area (Å²) in [6.45, 7) is -0.108. The second-order valence-electron chi connectivity index (χ2n) is 3.65. The first-order chi connectivity index (χ1) is 8.36. The summed E-state index contributed by atoms with van der Waals surface area (Å²) in [6, 6.07) is 4.58. The van der Waals surface area contributed by atoms with Gasteiger partial charge in [-0.1, -0.05) is 12.1 Å². The summed E-state index contributed by atoms with van der Waals surface area (Å²) in [6.07, 6.45) is -8.10. The van der Waals surface area contributed by atoms with Gasteiger partial charge in [0.25, 0.3) is 0 Å². The summed E-state index contributed by atoms with van der Waals surface area (Å²) < 4.78 is 52.8. The molecule has 0 aliphatic heterocycles. The molecule has 1 aromatic carbocycles. The van der Waals surface area contributed by atoms with E-state index in [1.807, 2.05) is 0 Å². The fraction of sp³-hybridized carbons (Fsp3) is 0.455. The van der Waals surface area contributed by atoms with Crippen molar-refractivity contribution in [2.24, 2.45) is 5.73 Å². The lowest BCUT2D eigenvalue weighted by Crippen LogP contribution is -2.33. The number of hydrogen-bond acceptors (Lipinski definition) is 3. The zero-order valence-electron chi connectivity index (χ0n) is 9.32. The van der Waals surface area contributed by atoms with Gasteiger partial charge in [-0.3, -0.25) is 0 Å². The third-order valence-electron chi connectivity index (χ3n) is 2.26. The third-order valence-corrected chi connectivity index (χ3v) is 2.26. The number of aliphatic hydroxyl groups is 1. The molecule has 0 radical (unpaired) electrons. The van der Waals surface area contributed by atoms with E-state index in [0.29, 0.717) is 12.0 Å². The SMILES string of the molecule is NC(CCO)c1ccc(OC(F)(F)C(F)F)cc1. The topological polar surface area (TPSA) is 55.5 Å². The van der Waals surface area contributed by atoms with E-state index in [1.165, 1.54) is 12.1 Å². The highest BCUT2D eigenvalue weighted by atomic mass is 19.3. The predicted octanol–water partition coefficient (Wildman–Crippen LogP) is 2.31. The molecule has 0 aromatic heterocycles. The lowest BCUT2D eigenvalue weighted by molar-refractivity contribution is -0.253. The molecule has 3 nitrogen and oxygen atoms in total. The molecule has 0 saturated heterocycles. The molecule has 0 saturated carbocycles. The van der Waals surface area contributed by atoms with Gasteiger partial charge in [-0.05, 0) is 24.1 Å². The maximum atomic E-state index is 12.6. The summed E-state index contributed by atoms with van der Waals surface area (Å²) in [5, 5.41) is 8.68. The van der Waals surface area contributed by atoms with Crippen molar-refractivity contribution in [3.63, 3.8) is 0 Å². The Morgan fingerprint density at radius 3 is 2.22 bits per heavy atom. The van der Waals surface area contributed by atoms with E-state index in [1.54, 1.807) is 0 Å². The summed E-state index contributed by atoms with van der Waals surface area (Å²) >= 11 is 0. The van der Waals surface area contributed by atoms with Gasteiger partial charge in [0, 0.05) is 12.6 Å². The summed E-state index contributed by atoms with van der Waals surface area (Å²) in [5.41, 5.74) is 6.26. The van der Waals surface area contributed by atoms with Crippen LogP contribution in [0, 0.1) is 0 Å². The minimum Gasteiger partial charge on any atom is -0.428 e. The van der Waals surface area contributed by atoms with Gasteiger partial charge >= 0.3 is 12.5 Å². The highest BCUT2D eigenvalue weighted by Gasteiger charge is 2.43. The number of ether oxygens (including phenoxy) is 1. The molecule has 3 N–H and O–H groups in total. The van der Waals surface area contributed by atoms with Crippen LogP contribution in [0.2, 0.25) is 0 Å². The van der Waals surface area contributed by atoms with Crippen molar-refractivity contribution in [2.45, 2.75) is 25.0 Å². The van der Waals surface area contributed by atoms with Crippen LogP contribution in [0.3, 0.4) is 0 Å². The van der Waals surface area contributed by atoms with Crippen molar-refractivity contribution in [1.29, 1.82) is 0 Å². The van der Waals surface area contributed by atoms with Gasteiger partial charge < -0.3 is 15.6 Å². The quantitative estimate of drug-likeness (QED) is 0.778. The highest BCUT2D eigenvalue weighted by molar-refractivity contribution is 5.29. The molecule has 0 aliphatic rings. The Hall–Kier alpha value is -1.34. The molecule has 1 rings (SSSR count). The second kappa shape index (κ2) is 6.01. The van der Waals surface area contributed by atoms with Crippen LogP contribution in [-0.2, 0) is 0 Å². The van der Waals surface area contributed by atoms with Crippen molar-refractivity contribution < 1.29 is 27.4 Å². The van der Waals surface area contributed by atoms with Gasteiger partial charge in [-0.25, -0.2) is 0 Å². The number of alkyl halides is 4. The van der Waals surface area contributed by atoms with Crippen LogP contribution in [0.15, 0.2) is 24.3 Å². The number of halogens is 4. The van der Waals surface area contributed by atoms with Crippen LogP contribution in [0.25, 0.3) is 0 Å². The van der Waals surface area contributed by atoms with E-state index in [2.05, 4.69) is 4.74 Å². The number of nitrogens with two attached hydrogens (primary N) is 1. The molecule has 0 aliphatic carbocycles. The van der Waals surface area contributed by atoms with Crippen molar-refractivity contribution in [1.82, 2.24) is 0 Å². The van der Waals surface area contributed by atoms with Gasteiger partial charge in [0.1, 0.15) is 5.75 Å². The van der Waals surface area contributed by atoms with Crippen LogP contribution in [-0.4, -0.2) is 24.2 Å². The molecule has 1 atom stereocenters. The molecule has 0 heterocycles. The zero-order valence-corrected chi connectivity index (χ0v) is 9.32. The average Bonchev–Trinajstić information content (AvgIpc) is 2.29. The van der Waals surface area contributed by atoms with E-state index in [9.17, 15) is 17.6 Å². The van der Waals surface area contributed by atoms with E-state index in [-0.39, 0.29) is 12.4 Å². The summed E-state index contributed by atoms with van der Waals surface area (Å²) in [5.74, 6) is -0.375. The van der Waals surface area contributed by atoms with Crippen molar-refractivity contribution in [3.05, 3.63) is 29.8 Å². The van der Waals surface area contributed by atoms with E-state index >= 15 is 0 Å². The summed E-state index contributed by atoms with van der Waals surface area (Å²) in [7, 11) is 0. The molecule has 0 spiro atoms. The van der Waals surface area contributed by atoms with Crippen LogP contribution in [0.4, 0.5) is 17.6 Å². The fourth-order valence-electron chi connectivity index (χ4n) is 1.29. The fourth-order valence-corrected chi connectivity index (χ4v) is 1.29. The Morgan fingerprint density at radius 1 is 1.22 bits per heavy atom. The molecule has 1 aromatic rings. The Balaban J connectivity index is 2.71. The van der Waals surface area contributed by atoms with Gasteiger partial charge in [0.15, 0.2) is 0 Å². The molecule has 102 valence electrons. The monoisotopic (exact) mass is 267 g/mol. The minimum atomic E-state index is -4.52. The van der Waals surface area contributed by atoms with E-state index in [4.69, 9.17) is 10.8 Å². The number of aliphatic hydroxyl groups excluding tert-OH is 1. The largest absolute Gasteiger partial charge is 0.461 e. The van der Waals surface area contributed by atoms with Crippen molar-refractivity contribution >= 4 is 0 Å². The van der Waals surface area contributed by atoms with Crippen molar-refractivity contribution in [2.75, 3.05) is 6.61 Å². The maximum Gasteiger partial charge on any atom is 0.461 e. The lowest BCUT2D eigenvalue weighted by atomic mass is 10.1. The highest BCUT2D eigenvalue weighted by Crippen LogP contribution is 2.28.